The molecular weight excluding hydrogens is 386 g/mol. The molecule has 29 heavy (non-hydrogen) atoms. The lowest BCUT2D eigenvalue weighted by atomic mass is 10.1. The predicted molar refractivity (Wildman–Crippen MR) is 114 cm³/mol. The summed E-state index contributed by atoms with van der Waals surface area (Å²) >= 11 is 1.58. The van der Waals surface area contributed by atoms with Crippen molar-refractivity contribution < 1.29 is 19.0 Å². The molecule has 0 atom stereocenters. The van der Waals surface area contributed by atoms with Gasteiger partial charge in [-0.15, -0.1) is 11.3 Å². The minimum absolute atomic E-state index is 0.149. The molecule has 0 spiro atoms. The number of aromatic nitrogens is 1. The van der Waals surface area contributed by atoms with Gasteiger partial charge in [0.15, 0.2) is 0 Å². The fraction of sp³-hybridized carbons (Fsp3) is 0.130. The molecule has 6 heteroatoms. The number of rotatable bonds is 7. The van der Waals surface area contributed by atoms with Crippen LogP contribution in [0.4, 0.5) is 0 Å². The fourth-order valence-electron chi connectivity index (χ4n) is 2.94. The normalized spacial score (nSPS) is 10.7. The number of nitrogens with zero attached hydrogens (tertiary/aromatic N) is 1. The van der Waals surface area contributed by atoms with Crippen LogP contribution in [0.1, 0.15) is 10.4 Å². The summed E-state index contributed by atoms with van der Waals surface area (Å²) in [6, 6.07) is 20.6. The van der Waals surface area contributed by atoms with Crippen molar-refractivity contribution in [2.75, 3.05) is 20.3 Å². The lowest BCUT2D eigenvalue weighted by Gasteiger charge is -2.10. The van der Waals surface area contributed by atoms with E-state index in [1.54, 1.807) is 24.5 Å². The Hall–Kier alpha value is -3.38. The first-order valence-corrected chi connectivity index (χ1v) is 10.0. The van der Waals surface area contributed by atoms with Gasteiger partial charge in [-0.1, -0.05) is 24.3 Å². The number of hydrogen-bond donors (Lipinski definition) is 0. The largest absolute Gasteiger partial charge is 0.497 e. The number of esters is 1. The number of methoxy groups -OCH3 is 1. The van der Waals surface area contributed by atoms with Crippen LogP contribution in [0.2, 0.25) is 0 Å². The Balaban J connectivity index is 1.46. The highest BCUT2D eigenvalue weighted by atomic mass is 32.1. The number of para-hydroxylation sites is 1. The Kier molecular flexibility index (Phi) is 5.72. The van der Waals surface area contributed by atoms with Crippen molar-refractivity contribution >= 4 is 28.2 Å². The van der Waals surface area contributed by atoms with E-state index in [-0.39, 0.29) is 19.2 Å². The number of carbonyl (C=O) groups excluding carboxylic acids is 1. The summed E-state index contributed by atoms with van der Waals surface area (Å²) in [6.07, 6.45) is 0. The number of benzene rings is 2. The van der Waals surface area contributed by atoms with Gasteiger partial charge >= 0.3 is 5.97 Å². The maximum atomic E-state index is 12.8. The van der Waals surface area contributed by atoms with Crippen molar-refractivity contribution in [1.29, 1.82) is 0 Å². The van der Waals surface area contributed by atoms with Crippen LogP contribution in [-0.4, -0.2) is 31.3 Å². The molecular formula is C23H19NO4S. The number of fused-ring (bicyclic) bond motifs is 1. The summed E-state index contributed by atoms with van der Waals surface area (Å²) < 4.78 is 16.2. The van der Waals surface area contributed by atoms with Gasteiger partial charge in [-0.3, -0.25) is 0 Å². The van der Waals surface area contributed by atoms with Gasteiger partial charge < -0.3 is 14.2 Å². The van der Waals surface area contributed by atoms with Gasteiger partial charge in [0.05, 0.1) is 28.8 Å². The van der Waals surface area contributed by atoms with Crippen molar-refractivity contribution in [3.8, 4) is 22.1 Å². The third kappa shape index (κ3) is 4.38. The Labute approximate surface area is 172 Å². The summed E-state index contributed by atoms with van der Waals surface area (Å²) in [4.78, 5) is 18.4. The minimum atomic E-state index is -0.389. The average molecular weight is 405 g/mol. The minimum Gasteiger partial charge on any atom is -0.497 e. The van der Waals surface area contributed by atoms with Crippen molar-refractivity contribution in [3.05, 3.63) is 77.7 Å². The van der Waals surface area contributed by atoms with E-state index in [1.807, 2.05) is 66.0 Å². The second-order valence-electron chi connectivity index (χ2n) is 6.21. The zero-order chi connectivity index (χ0) is 20.1. The molecule has 0 aliphatic heterocycles. The molecule has 5 nitrogen and oxygen atoms in total. The molecule has 0 amide bonds. The molecule has 0 radical (unpaired) electrons. The van der Waals surface area contributed by atoms with Crippen LogP contribution < -0.4 is 9.47 Å². The molecule has 4 aromatic rings. The van der Waals surface area contributed by atoms with Crippen LogP contribution in [0.25, 0.3) is 21.5 Å². The standard InChI is InChI=1S/C23H19NO4S/c1-26-16-8-10-17(11-9-16)27-12-13-28-23(25)19-15-21(22-7-4-14-29-22)24-20-6-3-2-5-18(19)20/h2-11,14-15H,12-13H2,1H3. The molecule has 0 saturated carbocycles. The molecule has 0 aliphatic rings. The summed E-state index contributed by atoms with van der Waals surface area (Å²) in [5, 5.41) is 2.76. The number of hydrogen-bond acceptors (Lipinski definition) is 6. The number of ether oxygens (including phenoxy) is 3. The van der Waals surface area contributed by atoms with Gasteiger partial charge in [-0.25, -0.2) is 9.78 Å². The van der Waals surface area contributed by atoms with E-state index in [9.17, 15) is 4.79 Å². The third-order valence-electron chi connectivity index (χ3n) is 4.35. The maximum Gasteiger partial charge on any atom is 0.339 e. The van der Waals surface area contributed by atoms with Gasteiger partial charge in [0.1, 0.15) is 24.7 Å². The molecule has 2 aromatic carbocycles. The first-order chi connectivity index (χ1) is 14.2. The summed E-state index contributed by atoms with van der Waals surface area (Å²) in [5.41, 5.74) is 2.03. The highest BCUT2D eigenvalue weighted by molar-refractivity contribution is 7.13. The average Bonchev–Trinajstić information content (AvgIpc) is 3.31. The van der Waals surface area contributed by atoms with E-state index in [0.717, 1.165) is 27.2 Å². The molecule has 0 saturated heterocycles. The summed E-state index contributed by atoms with van der Waals surface area (Å²) in [7, 11) is 1.61. The lowest BCUT2D eigenvalue weighted by molar-refractivity contribution is 0.0452. The van der Waals surface area contributed by atoms with Crippen LogP contribution >= 0.6 is 11.3 Å². The summed E-state index contributed by atoms with van der Waals surface area (Å²) in [6.45, 7) is 0.411. The van der Waals surface area contributed by atoms with Gasteiger partial charge in [-0.2, -0.15) is 0 Å². The molecule has 146 valence electrons. The molecule has 0 fully saturated rings. The quantitative estimate of drug-likeness (QED) is 0.312. The first-order valence-electron chi connectivity index (χ1n) is 9.12. The van der Waals surface area contributed by atoms with E-state index < -0.39 is 0 Å². The maximum absolute atomic E-state index is 12.8. The first kappa shape index (κ1) is 19.0. The Morgan fingerprint density at radius 1 is 0.966 bits per heavy atom. The Morgan fingerprint density at radius 3 is 2.52 bits per heavy atom. The van der Waals surface area contributed by atoms with Crippen molar-refractivity contribution in [3.63, 3.8) is 0 Å². The van der Waals surface area contributed by atoms with Crippen LogP contribution in [-0.2, 0) is 4.74 Å². The van der Waals surface area contributed by atoms with Gasteiger partial charge in [0.2, 0.25) is 0 Å². The van der Waals surface area contributed by atoms with Crippen LogP contribution in [0.3, 0.4) is 0 Å². The van der Waals surface area contributed by atoms with E-state index in [4.69, 9.17) is 14.2 Å². The number of pyridine rings is 1. The molecule has 4 rings (SSSR count). The zero-order valence-electron chi connectivity index (χ0n) is 15.8. The van der Waals surface area contributed by atoms with E-state index in [0.29, 0.717) is 11.3 Å². The molecule has 0 unspecified atom stereocenters. The van der Waals surface area contributed by atoms with Crippen molar-refractivity contribution in [2.45, 2.75) is 0 Å². The summed E-state index contributed by atoms with van der Waals surface area (Å²) in [5.74, 6) is 1.06. The smallest absolute Gasteiger partial charge is 0.339 e. The number of carbonyl (C=O) groups is 1. The fourth-order valence-corrected chi connectivity index (χ4v) is 3.62. The molecule has 0 N–H and O–H groups in total. The molecule has 2 heterocycles. The predicted octanol–water partition coefficient (Wildman–Crippen LogP) is 5.21. The van der Waals surface area contributed by atoms with Crippen molar-refractivity contribution in [1.82, 2.24) is 4.98 Å². The van der Waals surface area contributed by atoms with Crippen LogP contribution in [0.15, 0.2) is 72.1 Å². The third-order valence-corrected chi connectivity index (χ3v) is 5.25. The van der Waals surface area contributed by atoms with Crippen LogP contribution in [0, 0.1) is 0 Å². The SMILES string of the molecule is COc1ccc(OCCOC(=O)c2cc(-c3cccs3)nc3ccccc23)cc1. The molecule has 0 aliphatic carbocycles. The highest BCUT2D eigenvalue weighted by Crippen LogP contribution is 2.28. The van der Waals surface area contributed by atoms with Gasteiger partial charge in [0.25, 0.3) is 0 Å². The van der Waals surface area contributed by atoms with E-state index in [1.165, 1.54) is 0 Å². The monoisotopic (exact) mass is 405 g/mol. The van der Waals surface area contributed by atoms with E-state index in [2.05, 4.69) is 4.98 Å². The number of thiophene rings is 1. The second-order valence-corrected chi connectivity index (χ2v) is 7.16. The Bertz CT molecular complexity index is 1110. The van der Waals surface area contributed by atoms with E-state index >= 15 is 0 Å². The lowest BCUT2D eigenvalue weighted by Crippen LogP contribution is -2.13. The zero-order valence-corrected chi connectivity index (χ0v) is 16.6. The molecule has 2 aromatic heterocycles. The van der Waals surface area contributed by atoms with Gasteiger partial charge in [-0.05, 0) is 47.8 Å². The van der Waals surface area contributed by atoms with Gasteiger partial charge in [0, 0.05) is 5.39 Å². The second kappa shape index (κ2) is 8.75. The van der Waals surface area contributed by atoms with Crippen LogP contribution in [0.5, 0.6) is 11.5 Å². The Morgan fingerprint density at radius 2 is 1.76 bits per heavy atom. The molecule has 0 bridgehead atoms. The topological polar surface area (TPSA) is 57.7 Å². The highest BCUT2D eigenvalue weighted by Gasteiger charge is 2.15. The van der Waals surface area contributed by atoms with Crippen molar-refractivity contribution in [2.24, 2.45) is 0 Å².